The molecular formula is C20H15O5P. The van der Waals surface area contributed by atoms with Gasteiger partial charge in [0.15, 0.2) is 5.94 Å². The van der Waals surface area contributed by atoms with E-state index in [1.165, 1.54) is 0 Å². The van der Waals surface area contributed by atoms with Crippen LogP contribution in [0.25, 0.3) is 5.76 Å². The molecule has 0 amide bonds. The predicted molar refractivity (Wildman–Crippen MR) is 98.4 cm³/mol. The molecule has 0 spiro atoms. The molecule has 130 valence electrons. The summed E-state index contributed by atoms with van der Waals surface area (Å²) in [6.45, 7) is 0. The number of para-hydroxylation sites is 2. The van der Waals surface area contributed by atoms with Gasteiger partial charge in [-0.3, -0.25) is 0 Å². The average Bonchev–Trinajstić information content (AvgIpc) is 2.68. The molecule has 0 aromatic heterocycles. The lowest BCUT2D eigenvalue weighted by Gasteiger charge is -2.19. The summed E-state index contributed by atoms with van der Waals surface area (Å²) in [5.74, 6) is 1.96. The fourth-order valence-electron chi connectivity index (χ4n) is 2.11. The third kappa shape index (κ3) is 4.64. The van der Waals surface area contributed by atoms with Crippen LogP contribution in [-0.4, -0.2) is 5.94 Å². The molecule has 0 saturated carbocycles. The summed E-state index contributed by atoms with van der Waals surface area (Å²) in [5.41, 5.74) is 0.413. The van der Waals surface area contributed by atoms with Gasteiger partial charge in [0, 0.05) is 5.56 Å². The molecular weight excluding hydrogens is 351 g/mol. The SMILES string of the molecule is O=C=C(OP(=O)(Oc1ccccc1)Oc1ccccc1)c1ccccc1. The molecule has 0 unspecified atom stereocenters. The molecule has 5 nitrogen and oxygen atoms in total. The van der Waals surface area contributed by atoms with Gasteiger partial charge in [-0.25, -0.2) is 4.79 Å². The quantitative estimate of drug-likeness (QED) is 0.329. The van der Waals surface area contributed by atoms with Crippen molar-refractivity contribution in [1.29, 1.82) is 0 Å². The average molecular weight is 366 g/mol. The van der Waals surface area contributed by atoms with Gasteiger partial charge in [0.1, 0.15) is 11.5 Å². The predicted octanol–water partition coefficient (Wildman–Crippen LogP) is 5.14. The Kier molecular flexibility index (Phi) is 5.55. The second-order valence-corrected chi connectivity index (χ2v) is 6.59. The number of phosphoric acid groups is 1. The summed E-state index contributed by atoms with van der Waals surface area (Å²) < 4.78 is 29.6. The van der Waals surface area contributed by atoms with E-state index in [4.69, 9.17) is 13.6 Å². The van der Waals surface area contributed by atoms with Crippen molar-refractivity contribution < 1.29 is 22.9 Å². The summed E-state index contributed by atoms with van der Waals surface area (Å²) in [5, 5.41) is 0. The van der Waals surface area contributed by atoms with Gasteiger partial charge < -0.3 is 13.6 Å². The van der Waals surface area contributed by atoms with Crippen molar-refractivity contribution in [3.05, 3.63) is 96.6 Å². The molecule has 0 aliphatic rings. The first-order valence-corrected chi connectivity index (χ1v) is 9.24. The van der Waals surface area contributed by atoms with Gasteiger partial charge in [0.05, 0.1) is 0 Å². The van der Waals surface area contributed by atoms with E-state index in [2.05, 4.69) is 0 Å². The lowest BCUT2D eigenvalue weighted by molar-refractivity contribution is 0.285. The van der Waals surface area contributed by atoms with Crippen LogP contribution < -0.4 is 9.05 Å². The Bertz CT molecular complexity index is 890. The van der Waals surface area contributed by atoms with E-state index in [0.29, 0.717) is 5.56 Å². The zero-order chi connectivity index (χ0) is 18.2. The van der Waals surface area contributed by atoms with Crippen molar-refractivity contribution in [1.82, 2.24) is 0 Å². The second kappa shape index (κ2) is 8.21. The maximum atomic E-state index is 13.2. The zero-order valence-corrected chi connectivity index (χ0v) is 14.5. The smallest absolute Gasteiger partial charge is 0.386 e. The van der Waals surface area contributed by atoms with Gasteiger partial charge in [-0.1, -0.05) is 66.7 Å². The molecule has 3 aromatic carbocycles. The first-order valence-electron chi connectivity index (χ1n) is 7.78. The fraction of sp³-hybridized carbons (Fsp3) is 0. The van der Waals surface area contributed by atoms with Crippen LogP contribution in [0, 0.1) is 0 Å². The van der Waals surface area contributed by atoms with Crippen LogP contribution in [0.2, 0.25) is 0 Å². The lowest BCUT2D eigenvalue weighted by Crippen LogP contribution is -2.05. The Labute approximate surface area is 151 Å². The summed E-state index contributed by atoms with van der Waals surface area (Å²) in [4.78, 5) is 11.4. The van der Waals surface area contributed by atoms with Crippen LogP contribution in [0.15, 0.2) is 91.0 Å². The molecule has 0 saturated heterocycles. The van der Waals surface area contributed by atoms with Gasteiger partial charge in [0.2, 0.25) is 5.76 Å². The minimum absolute atomic E-state index is 0.263. The first kappa shape index (κ1) is 17.6. The molecule has 0 N–H and O–H groups in total. The molecule has 0 heterocycles. The number of benzene rings is 3. The highest BCUT2D eigenvalue weighted by Crippen LogP contribution is 2.52. The molecule has 3 aromatic rings. The van der Waals surface area contributed by atoms with Crippen molar-refractivity contribution in [2.75, 3.05) is 0 Å². The van der Waals surface area contributed by atoms with Crippen molar-refractivity contribution in [2.45, 2.75) is 0 Å². The summed E-state index contributed by atoms with van der Waals surface area (Å²) in [6, 6.07) is 25.4. The lowest BCUT2D eigenvalue weighted by atomic mass is 10.2. The third-order valence-corrected chi connectivity index (χ3v) is 4.53. The summed E-state index contributed by atoms with van der Waals surface area (Å²) in [6.07, 6.45) is 0. The van der Waals surface area contributed by atoms with E-state index in [9.17, 15) is 9.36 Å². The number of hydrogen-bond acceptors (Lipinski definition) is 5. The zero-order valence-electron chi connectivity index (χ0n) is 13.6. The number of rotatable bonds is 7. The molecule has 0 radical (unpaired) electrons. The van der Waals surface area contributed by atoms with Crippen LogP contribution in [0.3, 0.4) is 0 Å². The Morgan fingerprint density at radius 3 is 1.54 bits per heavy atom. The second-order valence-electron chi connectivity index (χ2n) is 5.14. The van der Waals surface area contributed by atoms with Crippen molar-refractivity contribution in [3.8, 4) is 11.5 Å². The van der Waals surface area contributed by atoms with Gasteiger partial charge >= 0.3 is 7.82 Å². The van der Waals surface area contributed by atoms with Crippen LogP contribution in [0.4, 0.5) is 0 Å². The van der Waals surface area contributed by atoms with Crippen molar-refractivity contribution >= 4 is 19.5 Å². The van der Waals surface area contributed by atoms with Crippen molar-refractivity contribution in [3.63, 3.8) is 0 Å². The molecule has 0 aliphatic carbocycles. The largest absolute Gasteiger partial charge is 0.647 e. The van der Waals surface area contributed by atoms with Crippen molar-refractivity contribution in [2.24, 2.45) is 0 Å². The van der Waals surface area contributed by atoms with Gasteiger partial charge in [-0.05, 0) is 24.3 Å². The summed E-state index contributed by atoms with van der Waals surface area (Å²) >= 11 is 0. The molecule has 0 bridgehead atoms. The first-order chi connectivity index (χ1) is 12.7. The Balaban J connectivity index is 1.92. The van der Waals surface area contributed by atoms with E-state index < -0.39 is 7.82 Å². The molecule has 0 fully saturated rings. The Morgan fingerprint density at radius 2 is 1.12 bits per heavy atom. The van der Waals surface area contributed by atoms with E-state index in [-0.39, 0.29) is 17.3 Å². The Morgan fingerprint density at radius 1 is 0.692 bits per heavy atom. The minimum Gasteiger partial charge on any atom is -0.386 e. The third-order valence-electron chi connectivity index (χ3n) is 3.25. The fourth-order valence-corrected chi connectivity index (χ4v) is 3.35. The highest BCUT2D eigenvalue weighted by Gasteiger charge is 2.34. The molecule has 0 atom stereocenters. The molecule has 3 rings (SSSR count). The van der Waals surface area contributed by atoms with Gasteiger partial charge in [-0.2, -0.15) is 4.57 Å². The topological polar surface area (TPSA) is 61.8 Å². The Hall–Kier alpha value is -3.26. The van der Waals surface area contributed by atoms with Gasteiger partial charge in [0.25, 0.3) is 0 Å². The highest BCUT2D eigenvalue weighted by molar-refractivity contribution is 7.49. The van der Waals surface area contributed by atoms with Crippen LogP contribution >= 0.6 is 7.82 Å². The molecule has 0 aliphatic heterocycles. The minimum atomic E-state index is -4.20. The normalized spacial score (nSPS) is 10.5. The maximum absolute atomic E-state index is 13.2. The van der Waals surface area contributed by atoms with Crippen LogP contribution in [0.1, 0.15) is 5.56 Å². The van der Waals surface area contributed by atoms with E-state index in [1.807, 2.05) is 0 Å². The molecule has 26 heavy (non-hydrogen) atoms. The number of carbonyl (C=O) groups excluding carboxylic acids is 1. The van der Waals surface area contributed by atoms with Crippen LogP contribution in [-0.2, 0) is 13.9 Å². The van der Waals surface area contributed by atoms with Crippen LogP contribution in [0.5, 0.6) is 11.5 Å². The van der Waals surface area contributed by atoms with Gasteiger partial charge in [-0.15, -0.1) is 0 Å². The molecule has 6 heteroatoms. The van der Waals surface area contributed by atoms with E-state index >= 15 is 0 Å². The maximum Gasteiger partial charge on any atom is 0.647 e. The van der Waals surface area contributed by atoms with E-state index in [0.717, 1.165) is 0 Å². The summed E-state index contributed by atoms with van der Waals surface area (Å²) in [7, 11) is -4.20. The monoisotopic (exact) mass is 366 g/mol. The number of phosphoric ester groups is 1. The number of hydrogen-bond donors (Lipinski definition) is 0. The standard InChI is InChI=1S/C20H15O5P/c21-16-20(17-10-4-1-5-11-17)25-26(22,23-18-12-6-2-7-13-18)24-19-14-8-3-9-15-19/h1-15H. The van der Waals surface area contributed by atoms with E-state index in [1.54, 1.807) is 96.9 Å². The highest BCUT2D eigenvalue weighted by atomic mass is 31.2.